The molecule has 21 heteroatoms. The van der Waals surface area contributed by atoms with Crippen LogP contribution in [0.15, 0.2) is 67.0 Å². The number of aromatic nitrogens is 1. The van der Waals surface area contributed by atoms with E-state index in [2.05, 4.69) is 32.7 Å². The van der Waals surface area contributed by atoms with Crippen LogP contribution in [0.4, 0.5) is 45.2 Å². The third-order valence-electron chi connectivity index (χ3n) is 6.17. The Morgan fingerprint density at radius 2 is 1.27 bits per heavy atom. The predicted octanol–water partition coefficient (Wildman–Crippen LogP) is 5.24. The number of nitrogens with zero attached hydrogens (tertiary/aromatic N) is 2. The zero-order valence-corrected chi connectivity index (χ0v) is 26.9. The molecule has 0 unspecified atom stereocenters. The Balaban J connectivity index is 0.000000525. The number of rotatable bonds is 7. The topological polar surface area (TPSA) is 178 Å². The molecule has 5 N–H and O–H groups in total. The number of amides is 1. The highest BCUT2D eigenvalue weighted by molar-refractivity contribution is 5.97. The minimum Gasteiger partial charge on any atom is -0.490 e. The maximum absolute atomic E-state index is 13.0. The second-order valence-electron chi connectivity index (χ2n) is 10.4. The summed E-state index contributed by atoms with van der Waals surface area (Å²) in [6.45, 7) is 2.01. The molecule has 0 bridgehead atoms. The van der Waals surface area contributed by atoms with Crippen LogP contribution in [0.1, 0.15) is 11.1 Å². The smallest absolute Gasteiger partial charge is 0.490 e. The number of pyridine rings is 1. The number of nitrogens with one attached hydrogen (secondary N) is 2. The third kappa shape index (κ3) is 16.5. The van der Waals surface area contributed by atoms with Crippen molar-refractivity contribution in [2.45, 2.75) is 37.5 Å². The normalized spacial score (nSPS) is 13.7. The molecule has 286 valence electrons. The molecule has 1 amide bonds. The van der Waals surface area contributed by atoms with E-state index in [1.165, 1.54) is 11.1 Å². The van der Waals surface area contributed by atoms with Gasteiger partial charge in [0.2, 0.25) is 5.91 Å². The van der Waals surface area contributed by atoms with Crippen molar-refractivity contribution in [2.24, 2.45) is 0 Å². The summed E-state index contributed by atoms with van der Waals surface area (Å²) in [5.41, 5.74) is 5.22. The van der Waals surface area contributed by atoms with E-state index in [-0.39, 0.29) is 11.9 Å². The molecule has 1 atom stereocenters. The standard InChI is InChI=1S/C25H28N4O2.3C2HF3O2/c1-29(2)13-14-31-24-16-20(18-9-11-26-12-10-18)7-8-22(24)28-25(30)23-15-19-5-3-4-6-21(19)17-27-23;3*3-2(4,5)1(6)7/h3-12,16,23,27H,13-15,17H2,1-2H3,(H,28,30);3*(H,6,7)/t23-;;;/m0.../s1. The van der Waals surface area contributed by atoms with Crippen LogP contribution in [0.3, 0.4) is 0 Å². The molecule has 2 heterocycles. The quantitative estimate of drug-likeness (QED) is 0.199. The van der Waals surface area contributed by atoms with Gasteiger partial charge in [-0.2, -0.15) is 39.5 Å². The van der Waals surface area contributed by atoms with E-state index in [4.69, 9.17) is 34.4 Å². The number of aliphatic carboxylic acids is 3. The van der Waals surface area contributed by atoms with Crippen LogP contribution in [0.5, 0.6) is 5.75 Å². The number of alkyl halides is 9. The monoisotopic (exact) mass is 758 g/mol. The lowest BCUT2D eigenvalue weighted by atomic mass is 9.95. The van der Waals surface area contributed by atoms with E-state index in [1.54, 1.807) is 12.4 Å². The molecule has 0 spiro atoms. The summed E-state index contributed by atoms with van der Waals surface area (Å²) >= 11 is 0. The number of carboxylic acids is 3. The Hall–Kier alpha value is -5.44. The number of halogens is 9. The number of hydrogen-bond acceptors (Lipinski definition) is 8. The lowest BCUT2D eigenvalue weighted by molar-refractivity contribution is -0.193. The van der Waals surface area contributed by atoms with Gasteiger partial charge in [-0.1, -0.05) is 30.3 Å². The highest BCUT2D eigenvalue weighted by atomic mass is 19.4. The zero-order valence-electron chi connectivity index (χ0n) is 26.9. The van der Waals surface area contributed by atoms with Gasteiger partial charge < -0.3 is 35.6 Å². The van der Waals surface area contributed by atoms with Gasteiger partial charge in [-0.25, -0.2) is 14.4 Å². The molecule has 1 aliphatic heterocycles. The molecule has 52 heavy (non-hydrogen) atoms. The van der Waals surface area contributed by atoms with Gasteiger partial charge in [0, 0.05) is 25.5 Å². The summed E-state index contributed by atoms with van der Waals surface area (Å²) in [6.07, 6.45) is -11.0. The van der Waals surface area contributed by atoms with Crippen molar-refractivity contribution in [2.75, 3.05) is 32.6 Å². The van der Waals surface area contributed by atoms with Crippen molar-refractivity contribution in [3.8, 4) is 16.9 Å². The van der Waals surface area contributed by atoms with Crippen LogP contribution < -0.4 is 15.4 Å². The van der Waals surface area contributed by atoms with Gasteiger partial charge in [0.15, 0.2) is 0 Å². The maximum Gasteiger partial charge on any atom is 0.490 e. The first-order chi connectivity index (χ1) is 23.9. The van der Waals surface area contributed by atoms with E-state index < -0.39 is 36.4 Å². The van der Waals surface area contributed by atoms with Gasteiger partial charge in [0.1, 0.15) is 12.4 Å². The number of likely N-dealkylation sites (N-methyl/N-ethyl adjacent to an activating group) is 1. The van der Waals surface area contributed by atoms with Crippen molar-refractivity contribution in [1.29, 1.82) is 0 Å². The van der Waals surface area contributed by atoms with Crippen molar-refractivity contribution in [3.63, 3.8) is 0 Å². The fourth-order valence-corrected chi connectivity index (χ4v) is 3.67. The summed E-state index contributed by atoms with van der Waals surface area (Å²) in [5, 5.41) is 27.8. The molecule has 3 aromatic rings. The minimum absolute atomic E-state index is 0.0522. The fourth-order valence-electron chi connectivity index (χ4n) is 3.67. The molecule has 0 fully saturated rings. The van der Waals surface area contributed by atoms with Gasteiger partial charge in [-0.15, -0.1) is 0 Å². The Kier molecular flexibility index (Phi) is 17.0. The molecule has 12 nitrogen and oxygen atoms in total. The van der Waals surface area contributed by atoms with Gasteiger partial charge in [0.05, 0.1) is 11.7 Å². The average molecular weight is 759 g/mol. The number of carboxylic acid groups (broad SMARTS) is 3. The molecule has 0 radical (unpaired) electrons. The van der Waals surface area contributed by atoms with E-state index in [1.807, 2.05) is 56.6 Å². The van der Waals surface area contributed by atoms with Crippen molar-refractivity contribution in [3.05, 3.63) is 78.1 Å². The maximum atomic E-state index is 13.0. The number of fused-ring (bicyclic) bond motifs is 1. The predicted molar refractivity (Wildman–Crippen MR) is 164 cm³/mol. The lowest BCUT2D eigenvalue weighted by Gasteiger charge is -2.25. The van der Waals surface area contributed by atoms with Crippen LogP contribution in [-0.4, -0.2) is 101 Å². The van der Waals surface area contributed by atoms with Crippen LogP contribution in [0.25, 0.3) is 11.1 Å². The summed E-state index contributed by atoms with van der Waals surface area (Å²) < 4.78 is 101. The van der Waals surface area contributed by atoms with E-state index in [0.29, 0.717) is 31.0 Å². The fraction of sp³-hybridized carbons (Fsp3) is 0.323. The summed E-state index contributed by atoms with van der Waals surface area (Å²) in [6, 6.07) is 17.8. The molecule has 2 aromatic carbocycles. The molecule has 0 saturated heterocycles. The van der Waals surface area contributed by atoms with E-state index >= 15 is 0 Å². The van der Waals surface area contributed by atoms with Crippen LogP contribution in [-0.2, 0) is 32.1 Å². The number of anilines is 1. The Morgan fingerprint density at radius 3 is 1.73 bits per heavy atom. The van der Waals surface area contributed by atoms with Gasteiger partial charge >= 0.3 is 36.4 Å². The van der Waals surface area contributed by atoms with Crippen LogP contribution in [0.2, 0.25) is 0 Å². The number of carbonyl (C=O) groups is 4. The number of ether oxygens (including phenoxy) is 1. The lowest BCUT2D eigenvalue weighted by Crippen LogP contribution is -2.44. The SMILES string of the molecule is CN(C)CCOc1cc(-c2ccncc2)ccc1NC(=O)[C@@H]1Cc2ccccc2CN1.O=C(O)C(F)(F)F.O=C(O)C(F)(F)F.O=C(O)C(F)(F)F. The van der Waals surface area contributed by atoms with Crippen LogP contribution >= 0.6 is 0 Å². The first-order valence-electron chi connectivity index (χ1n) is 14.3. The highest BCUT2D eigenvalue weighted by Crippen LogP contribution is 2.31. The molecule has 4 rings (SSSR count). The summed E-state index contributed by atoms with van der Waals surface area (Å²) in [5.74, 6) is -7.66. The van der Waals surface area contributed by atoms with Gasteiger partial charge in [-0.3, -0.25) is 9.78 Å². The van der Waals surface area contributed by atoms with Gasteiger partial charge in [-0.05, 0) is 67.0 Å². The zero-order chi connectivity index (χ0) is 39.9. The largest absolute Gasteiger partial charge is 0.490 e. The third-order valence-corrected chi connectivity index (χ3v) is 6.17. The molecular weight excluding hydrogens is 727 g/mol. The Morgan fingerprint density at radius 1 is 0.788 bits per heavy atom. The average Bonchev–Trinajstić information content (AvgIpc) is 3.05. The van der Waals surface area contributed by atoms with Crippen molar-refractivity contribution in [1.82, 2.24) is 15.2 Å². The highest BCUT2D eigenvalue weighted by Gasteiger charge is 2.39. The first kappa shape index (κ1) is 44.6. The molecular formula is C31H31F9N4O8. The number of carbonyl (C=O) groups excluding carboxylic acids is 1. The van der Waals surface area contributed by atoms with E-state index in [0.717, 1.165) is 17.7 Å². The van der Waals surface area contributed by atoms with Crippen molar-refractivity contribution < 1.29 is 78.7 Å². The Labute approximate surface area is 288 Å². The number of benzene rings is 2. The molecule has 1 aliphatic rings. The second-order valence-corrected chi connectivity index (χ2v) is 10.4. The van der Waals surface area contributed by atoms with Crippen LogP contribution in [0, 0.1) is 0 Å². The molecule has 1 aromatic heterocycles. The second kappa shape index (κ2) is 19.8. The minimum atomic E-state index is -5.08. The molecule has 0 aliphatic carbocycles. The first-order valence-corrected chi connectivity index (χ1v) is 14.3. The van der Waals surface area contributed by atoms with Gasteiger partial charge in [0.25, 0.3) is 0 Å². The number of hydrogen-bond donors (Lipinski definition) is 5. The Bertz CT molecular complexity index is 1580. The summed E-state index contributed by atoms with van der Waals surface area (Å²) in [7, 11) is 4.01. The van der Waals surface area contributed by atoms with Crippen molar-refractivity contribution >= 4 is 29.5 Å². The summed E-state index contributed by atoms with van der Waals surface area (Å²) in [4.78, 5) is 45.9. The molecule has 0 saturated carbocycles. The van der Waals surface area contributed by atoms with E-state index in [9.17, 15) is 44.3 Å².